The molecule has 6 nitrogen and oxygen atoms in total. The molecule has 0 aliphatic rings. The Morgan fingerprint density at radius 3 is 2.24 bits per heavy atom. The van der Waals surface area contributed by atoms with E-state index in [-0.39, 0.29) is 13.2 Å². The number of aryl methyl sites for hydroxylation is 1. The Kier molecular flexibility index (Phi) is 7.46. The molecule has 0 unspecified atom stereocenters. The van der Waals surface area contributed by atoms with Crippen LogP contribution in [0.4, 0.5) is 0 Å². The van der Waals surface area contributed by atoms with Crippen LogP contribution in [-0.2, 0) is 27.4 Å². The highest BCUT2D eigenvalue weighted by Crippen LogP contribution is 2.17. The molecule has 0 aromatic heterocycles. The van der Waals surface area contributed by atoms with E-state index in [2.05, 4.69) is 10.9 Å². The molecular weight excluding hydrogens is 320 g/mol. The van der Waals surface area contributed by atoms with E-state index >= 15 is 0 Å². The lowest BCUT2D eigenvalue weighted by atomic mass is 10.1. The van der Waals surface area contributed by atoms with Gasteiger partial charge in [0.25, 0.3) is 11.8 Å². The zero-order valence-corrected chi connectivity index (χ0v) is 14.2. The zero-order valence-electron chi connectivity index (χ0n) is 14.2. The summed E-state index contributed by atoms with van der Waals surface area (Å²) < 4.78 is 10.7. The van der Waals surface area contributed by atoms with Gasteiger partial charge in [0.2, 0.25) is 0 Å². The third-order valence-corrected chi connectivity index (χ3v) is 3.40. The summed E-state index contributed by atoms with van der Waals surface area (Å²) in [7, 11) is 0. The SMILES string of the molecule is CCc1ccccc1OCC(=O)NNC(=O)COCc1ccccc1. The lowest BCUT2D eigenvalue weighted by Gasteiger charge is -2.11. The van der Waals surface area contributed by atoms with Crippen molar-refractivity contribution in [3.05, 3.63) is 65.7 Å². The van der Waals surface area contributed by atoms with Crippen LogP contribution in [0, 0.1) is 0 Å². The number of ether oxygens (including phenoxy) is 2. The number of carbonyl (C=O) groups excluding carboxylic acids is 2. The Morgan fingerprint density at radius 2 is 1.52 bits per heavy atom. The van der Waals surface area contributed by atoms with E-state index in [0.717, 1.165) is 17.5 Å². The van der Waals surface area contributed by atoms with Gasteiger partial charge in [0.15, 0.2) is 6.61 Å². The summed E-state index contributed by atoms with van der Waals surface area (Å²) in [6.07, 6.45) is 0.813. The van der Waals surface area contributed by atoms with Crippen molar-refractivity contribution in [1.29, 1.82) is 0 Å². The highest BCUT2D eigenvalue weighted by molar-refractivity contribution is 5.83. The average molecular weight is 342 g/mol. The molecule has 132 valence electrons. The van der Waals surface area contributed by atoms with Gasteiger partial charge in [0.1, 0.15) is 12.4 Å². The van der Waals surface area contributed by atoms with Gasteiger partial charge in [0.05, 0.1) is 6.61 Å². The van der Waals surface area contributed by atoms with Gasteiger partial charge in [0, 0.05) is 0 Å². The molecule has 25 heavy (non-hydrogen) atoms. The number of rotatable bonds is 8. The second kappa shape index (κ2) is 10.1. The highest BCUT2D eigenvalue weighted by atomic mass is 16.5. The number of hydrogen-bond donors (Lipinski definition) is 2. The molecule has 6 heteroatoms. The minimum Gasteiger partial charge on any atom is -0.483 e. The lowest BCUT2D eigenvalue weighted by molar-refractivity contribution is -0.132. The number of nitrogens with one attached hydrogen (secondary N) is 2. The van der Waals surface area contributed by atoms with E-state index in [1.54, 1.807) is 0 Å². The fourth-order valence-electron chi connectivity index (χ4n) is 2.13. The van der Waals surface area contributed by atoms with Crippen LogP contribution in [0.5, 0.6) is 5.75 Å². The summed E-state index contributed by atoms with van der Waals surface area (Å²) >= 11 is 0. The first kappa shape index (κ1) is 18.5. The number of amides is 2. The molecule has 0 saturated heterocycles. The summed E-state index contributed by atoms with van der Waals surface area (Å²) in [5.74, 6) is -0.210. The Hall–Kier alpha value is -2.86. The van der Waals surface area contributed by atoms with Gasteiger partial charge in [-0.3, -0.25) is 20.4 Å². The van der Waals surface area contributed by atoms with Crippen LogP contribution in [0.2, 0.25) is 0 Å². The minimum atomic E-state index is -0.442. The molecule has 2 N–H and O–H groups in total. The average Bonchev–Trinajstić information content (AvgIpc) is 2.65. The predicted molar refractivity (Wildman–Crippen MR) is 93.7 cm³/mol. The van der Waals surface area contributed by atoms with Crippen LogP contribution >= 0.6 is 0 Å². The van der Waals surface area contributed by atoms with Crippen LogP contribution in [0.3, 0.4) is 0 Å². The molecule has 2 aromatic rings. The standard InChI is InChI=1S/C19H22N2O4/c1-2-16-10-6-7-11-17(16)25-14-19(23)21-20-18(22)13-24-12-15-8-4-3-5-9-15/h3-11H,2,12-14H2,1H3,(H,20,22)(H,21,23). The smallest absolute Gasteiger partial charge is 0.276 e. The van der Waals surface area contributed by atoms with Crippen LogP contribution in [0.1, 0.15) is 18.1 Å². The van der Waals surface area contributed by atoms with Gasteiger partial charge in [-0.15, -0.1) is 0 Å². The summed E-state index contributed by atoms with van der Waals surface area (Å²) in [5, 5.41) is 0. The molecule has 0 saturated carbocycles. The topological polar surface area (TPSA) is 76.7 Å². The molecule has 0 spiro atoms. The molecule has 2 rings (SSSR count). The number of para-hydroxylation sites is 1. The fraction of sp³-hybridized carbons (Fsp3) is 0.263. The molecular formula is C19H22N2O4. The summed E-state index contributed by atoms with van der Waals surface area (Å²) in [6.45, 7) is 2.02. The summed E-state index contributed by atoms with van der Waals surface area (Å²) in [5.41, 5.74) is 6.58. The van der Waals surface area contributed by atoms with Crippen LogP contribution in [-0.4, -0.2) is 25.0 Å². The van der Waals surface area contributed by atoms with Crippen molar-refractivity contribution >= 4 is 11.8 Å². The fourth-order valence-corrected chi connectivity index (χ4v) is 2.13. The van der Waals surface area contributed by atoms with Gasteiger partial charge in [-0.2, -0.15) is 0 Å². The van der Waals surface area contributed by atoms with E-state index in [4.69, 9.17) is 9.47 Å². The Labute approximate surface area is 147 Å². The van der Waals surface area contributed by atoms with Gasteiger partial charge < -0.3 is 9.47 Å². The van der Waals surface area contributed by atoms with E-state index < -0.39 is 11.8 Å². The second-order valence-corrected chi connectivity index (χ2v) is 5.32. The maximum absolute atomic E-state index is 11.7. The normalized spacial score (nSPS) is 10.1. The first-order chi connectivity index (χ1) is 12.2. The van der Waals surface area contributed by atoms with Gasteiger partial charge in [-0.05, 0) is 23.6 Å². The van der Waals surface area contributed by atoms with Crippen LogP contribution < -0.4 is 15.6 Å². The molecule has 2 amide bonds. The predicted octanol–water partition coefficient (Wildman–Crippen LogP) is 1.99. The Bertz CT molecular complexity index is 689. The highest BCUT2D eigenvalue weighted by Gasteiger charge is 2.07. The maximum atomic E-state index is 11.7. The van der Waals surface area contributed by atoms with Crippen LogP contribution in [0.25, 0.3) is 0 Å². The van der Waals surface area contributed by atoms with Gasteiger partial charge in [-0.25, -0.2) is 0 Å². The Morgan fingerprint density at radius 1 is 0.880 bits per heavy atom. The van der Waals surface area contributed by atoms with Crippen molar-refractivity contribution < 1.29 is 19.1 Å². The van der Waals surface area contributed by atoms with Crippen molar-refractivity contribution in [2.45, 2.75) is 20.0 Å². The van der Waals surface area contributed by atoms with Crippen molar-refractivity contribution in [2.24, 2.45) is 0 Å². The quantitative estimate of drug-likeness (QED) is 0.720. The molecule has 0 heterocycles. The molecule has 2 aromatic carbocycles. The third kappa shape index (κ3) is 6.64. The van der Waals surface area contributed by atoms with Crippen molar-refractivity contribution in [1.82, 2.24) is 10.9 Å². The molecule has 0 aliphatic carbocycles. The van der Waals surface area contributed by atoms with Gasteiger partial charge in [-0.1, -0.05) is 55.5 Å². The van der Waals surface area contributed by atoms with E-state index in [1.807, 2.05) is 61.5 Å². The van der Waals surface area contributed by atoms with E-state index in [9.17, 15) is 9.59 Å². The molecule has 0 aliphatic heterocycles. The van der Waals surface area contributed by atoms with Crippen molar-refractivity contribution in [3.63, 3.8) is 0 Å². The summed E-state index contributed by atoms with van der Waals surface area (Å²) in [6, 6.07) is 17.0. The molecule has 0 radical (unpaired) electrons. The minimum absolute atomic E-state index is 0.144. The van der Waals surface area contributed by atoms with Crippen molar-refractivity contribution in [2.75, 3.05) is 13.2 Å². The number of benzene rings is 2. The number of carbonyl (C=O) groups is 2. The van der Waals surface area contributed by atoms with E-state index in [1.165, 1.54) is 0 Å². The van der Waals surface area contributed by atoms with Crippen LogP contribution in [0.15, 0.2) is 54.6 Å². The number of hydrazine groups is 1. The maximum Gasteiger partial charge on any atom is 0.276 e. The monoisotopic (exact) mass is 342 g/mol. The largest absolute Gasteiger partial charge is 0.483 e. The number of hydrogen-bond acceptors (Lipinski definition) is 4. The summed E-state index contributed by atoms with van der Waals surface area (Å²) in [4.78, 5) is 23.3. The first-order valence-electron chi connectivity index (χ1n) is 8.09. The Balaban J connectivity index is 1.63. The van der Waals surface area contributed by atoms with Crippen molar-refractivity contribution in [3.8, 4) is 5.75 Å². The molecule has 0 fully saturated rings. The molecule has 0 atom stereocenters. The third-order valence-electron chi connectivity index (χ3n) is 3.40. The zero-order chi connectivity index (χ0) is 17.9. The lowest BCUT2D eigenvalue weighted by Crippen LogP contribution is -2.45. The van der Waals surface area contributed by atoms with E-state index in [0.29, 0.717) is 12.4 Å². The van der Waals surface area contributed by atoms with Gasteiger partial charge >= 0.3 is 0 Å². The first-order valence-corrected chi connectivity index (χ1v) is 8.09. The second-order valence-electron chi connectivity index (χ2n) is 5.32. The molecule has 0 bridgehead atoms.